The smallest absolute Gasteiger partial charge is 0.254 e. The van der Waals surface area contributed by atoms with Crippen molar-refractivity contribution in [3.8, 4) is 11.3 Å². The van der Waals surface area contributed by atoms with E-state index in [0.29, 0.717) is 35.2 Å². The zero-order valence-electron chi connectivity index (χ0n) is 19.3. The highest BCUT2D eigenvalue weighted by Gasteiger charge is 2.40. The van der Waals surface area contributed by atoms with Gasteiger partial charge in [-0.25, -0.2) is 18.7 Å². The van der Waals surface area contributed by atoms with E-state index in [9.17, 15) is 13.6 Å². The van der Waals surface area contributed by atoms with Gasteiger partial charge in [-0.05, 0) is 43.5 Å². The zero-order valence-corrected chi connectivity index (χ0v) is 19.3. The summed E-state index contributed by atoms with van der Waals surface area (Å²) in [6.07, 6.45) is 5.16. The average molecular weight is 462 g/mol. The number of halogens is 2. The lowest BCUT2D eigenvalue weighted by Crippen LogP contribution is -2.47. The Morgan fingerprint density at radius 2 is 1.85 bits per heavy atom. The molecule has 0 saturated heterocycles. The van der Waals surface area contributed by atoms with Crippen molar-refractivity contribution in [2.45, 2.75) is 45.2 Å². The normalized spacial score (nSPS) is 17.7. The maximum Gasteiger partial charge on any atom is 0.254 e. The second-order valence-electron chi connectivity index (χ2n) is 8.69. The molecule has 6 nitrogen and oxygen atoms in total. The predicted octanol–water partition coefficient (Wildman–Crippen LogP) is 5.24. The Balaban J connectivity index is 1.60. The van der Waals surface area contributed by atoms with Crippen LogP contribution in [0.1, 0.15) is 54.3 Å². The van der Waals surface area contributed by atoms with Crippen LogP contribution in [-0.4, -0.2) is 36.6 Å². The first-order chi connectivity index (χ1) is 16.4. The minimum atomic E-state index is -0.628. The number of hydrogen-bond donors (Lipinski definition) is 0. The summed E-state index contributed by atoms with van der Waals surface area (Å²) >= 11 is 0. The summed E-state index contributed by atoms with van der Waals surface area (Å²) < 4.78 is 29.7. The van der Waals surface area contributed by atoms with E-state index in [4.69, 9.17) is 5.10 Å². The maximum absolute atomic E-state index is 14.0. The third-order valence-corrected chi connectivity index (χ3v) is 6.64. The lowest BCUT2D eigenvalue weighted by atomic mass is 9.87. The van der Waals surface area contributed by atoms with Gasteiger partial charge >= 0.3 is 0 Å². The first-order valence-electron chi connectivity index (χ1n) is 11.5. The molecule has 174 valence electrons. The van der Waals surface area contributed by atoms with E-state index < -0.39 is 11.6 Å². The van der Waals surface area contributed by atoms with E-state index in [1.807, 2.05) is 30.9 Å². The van der Waals surface area contributed by atoms with Crippen LogP contribution < -0.4 is 0 Å². The number of nitrogens with zero attached hydrogens (tertiary/aromatic N) is 5. The van der Waals surface area contributed by atoms with Crippen LogP contribution in [0, 0.1) is 11.6 Å². The van der Waals surface area contributed by atoms with E-state index in [0.717, 1.165) is 29.1 Å². The molecule has 4 aromatic rings. The van der Waals surface area contributed by atoms with Crippen molar-refractivity contribution in [3.05, 3.63) is 77.4 Å². The van der Waals surface area contributed by atoms with Gasteiger partial charge < -0.3 is 4.90 Å². The van der Waals surface area contributed by atoms with Crippen molar-refractivity contribution in [1.29, 1.82) is 0 Å². The van der Waals surface area contributed by atoms with Crippen LogP contribution in [0.5, 0.6) is 0 Å². The molecule has 3 heterocycles. The molecular formula is C26H25F2N5O. The van der Waals surface area contributed by atoms with Gasteiger partial charge in [0, 0.05) is 47.4 Å². The van der Waals surface area contributed by atoms with Gasteiger partial charge in [0.2, 0.25) is 0 Å². The Morgan fingerprint density at radius 3 is 2.56 bits per heavy atom. The fraction of sp³-hybridized carbons (Fsp3) is 0.308. The van der Waals surface area contributed by atoms with Crippen LogP contribution >= 0.6 is 0 Å². The molecular weight excluding hydrogens is 436 g/mol. The quantitative estimate of drug-likeness (QED) is 0.417. The minimum absolute atomic E-state index is 0.0751. The molecule has 0 saturated carbocycles. The number of amides is 1. The van der Waals surface area contributed by atoms with Crippen molar-refractivity contribution in [2.24, 2.45) is 7.05 Å². The Labute approximate surface area is 196 Å². The zero-order chi connectivity index (χ0) is 24.0. The first-order valence-corrected chi connectivity index (χ1v) is 11.5. The Kier molecular flexibility index (Phi) is 5.59. The van der Waals surface area contributed by atoms with Crippen LogP contribution in [0.4, 0.5) is 8.78 Å². The first kappa shape index (κ1) is 22.1. The van der Waals surface area contributed by atoms with Crippen molar-refractivity contribution >= 4 is 16.8 Å². The number of carbonyl (C=O) groups excluding carboxylic acids is 1. The van der Waals surface area contributed by atoms with Gasteiger partial charge in [0.1, 0.15) is 18.0 Å². The van der Waals surface area contributed by atoms with Crippen LogP contribution in [-0.2, 0) is 13.5 Å². The fourth-order valence-electron chi connectivity index (χ4n) is 5.12. The van der Waals surface area contributed by atoms with Crippen molar-refractivity contribution < 1.29 is 13.6 Å². The number of benzene rings is 2. The van der Waals surface area contributed by atoms with E-state index >= 15 is 0 Å². The fourth-order valence-corrected chi connectivity index (χ4v) is 5.12. The molecule has 5 rings (SSSR count). The third kappa shape index (κ3) is 3.63. The summed E-state index contributed by atoms with van der Waals surface area (Å²) in [5, 5.41) is 5.61. The van der Waals surface area contributed by atoms with Crippen molar-refractivity contribution in [1.82, 2.24) is 24.6 Å². The molecule has 0 bridgehead atoms. The molecule has 2 aromatic heterocycles. The van der Waals surface area contributed by atoms with Crippen molar-refractivity contribution in [2.75, 3.05) is 0 Å². The van der Waals surface area contributed by atoms with Crippen LogP contribution in [0.3, 0.4) is 0 Å². The summed E-state index contributed by atoms with van der Waals surface area (Å²) in [7, 11) is 1.78. The summed E-state index contributed by atoms with van der Waals surface area (Å²) in [6.45, 7) is 4.07. The van der Waals surface area contributed by atoms with Gasteiger partial charge in [0.15, 0.2) is 0 Å². The van der Waals surface area contributed by atoms with E-state index in [-0.39, 0.29) is 18.0 Å². The standard InChI is InChI=1S/C26H25F2N5O/c1-4-20-12-21-24(31-32(3)25(21)17-8-18(27)11-19(28)9-17)23(5-2)33(20)26(34)15-6-7-16-13-29-14-30-22(16)10-15/h6-11,13-14,20,23H,4-5,12H2,1-3H3. The summed E-state index contributed by atoms with van der Waals surface area (Å²) in [5.41, 5.74) is 4.15. The highest BCUT2D eigenvalue weighted by Crippen LogP contribution is 2.41. The number of carbonyl (C=O) groups is 1. The number of fused-ring (bicyclic) bond motifs is 2. The van der Waals surface area contributed by atoms with Gasteiger partial charge in [-0.3, -0.25) is 9.48 Å². The van der Waals surface area contributed by atoms with Crippen LogP contribution in [0.2, 0.25) is 0 Å². The lowest BCUT2D eigenvalue weighted by molar-refractivity contribution is 0.0513. The number of rotatable bonds is 4. The van der Waals surface area contributed by atoms with Gasteiger partial charge in [0.25, 0.3) is 5.91 Å². The average Bonchev–Trinajstić information content (AvgIpc) is 3.16. The Bertz CT molecular complexity index is 1380. The molecule has 8 heteroatoms. The summed E-state index contributed by atoms with van der Waals surface area (Å²) in [5.74, 6) is -1.33. The Morgan fingerprint density at radius 1 is 1.09 bits per heavy atom. The molecule has 0 aliphatic carbocycles. The topological polar surface area (TPSA) is 63.9 Å². The lowest BCUT2D eigenvalue weighted by Gasteiger charge is -2.41. The predicted molar refractivity (Wildman–Crippen MR) is 125 cm³/mol. The molecule has 1 amide bonds. The minimum Gasteiger partial charge on any atom is -0.327 e. The molecule has 34 heavy (non-hydrogen) atoms. The highest BCUT2D eigenvalue weighted by atomic mass is 19.1. The second-order valence-corrected chi connectivity index (χ2v) is 8.69. The van der Waals surface area contributed by atoms with E-state index in [1.54, 1.807) is 24.0 Å². The van der Waals surface area contributed by atoms with Crippen LogP contribution in [0.15, 0.2) is 48.9 Å². The summed E-state index contributed by atoms with van der Waals surface area (Å²) in [6, 6.07) is 8.67. The van der Waals surface area contributed by atoms with Gasteiger partial charge in [-0.2, -0.15) is 5.10 Å². The van der Waals surface area contributed by atoms with Gasteiger partial charge in [-0.1, -0.05) is 19.9 Å². The molecule has 1 aliphatic rings. The monoisotopic (exact) mass is 461 g/mol. The molecule has 2 aromatic carbocycles. The molecule has 0 radical (unpaired) electrons. The molecule has 2 unspecified atom stereocenters. The van der Waals surface area contributed by atoms with E-state index in [2.05, 4.69) is 9.97 Å². The third-order valence-electron chi connectivity index (χ3n) is 6.64. The number of aryl methyl sites for hydroxylation is 1. The maximum atomic E-state index is 14.0. The molecule has 0 spiro atoms. The summed E-state index contributed by atoms with van der Waals surface area (Å²) in [4.78, 5) is 24.0. The SMILES string of the molecule is CCC1Cc2c(nn(C)c2-c2cc(F)cc(F)c2)C(CC)N1C(=O)c1ccc2cncnc2c1. The molecule has 0 N–H and O–H groups in total. The second kappa shape index (κ2) is 8.59. The van der Waals surface area contributed by atoms with Crippen molar-refractivity contribution in [3.63, 3.8) is 0 Å². The number of aromatic nitrogens is 4. The Hall–Kier alpha value is -3.68. The molecule has 1 aliphatic heterocycles. The van der Waals surface area contributed by atoms with Gasteiger partial charge in [-0.15, -0.1) is 0 Å². The van der Waals surface area contributed by atoms with Gasteiger partial charge in [0.05, 0.1) is 22.9 Å². The number of hydrogen-bond acceptors (Lipinski definition) is 4. The molecule has 2 atom stereocenters. The molecule has 0 fully saturated rings. The highest BCUT2D eigenvalue weighted by molar-refractivity contribution is 5.98. The van der Waals surface area contributed by atoms with Crippen LogP contribution in [0.25, 0.3) is 22.2 Å². The largest absolute Gasteiger partial charge is 0.327 e. The van der Waals surface area contributed by atoms with E-state index in [1.165, 1.54) is 18.5 Å².